The van der Waals surface area contributed by atoms with Crippen molar-refractivity contribution in [3.63, 3.8) is 0 Å². The Bertz CT molecular complexity index is 590. The fourth-order valence-electron chi connectivity index (χ4n) is 2.00. The van der Waals surface area contributed by atoms with Crippen molar-refractivity contribution >= 4 is 6.29 Å². The molecule has 0 unspecified atom stereocenters. The molecule has 21 heavy (non-hydrogen) atoms. The maximum Gasteiger partial charge on any atom is 0.171 e. The summed E-state index contributed by atoms with van der Waals surface area (Å²) in [6, 6.07) is 13.0. The first-order valence-electron chi connectivity index (χ1n) is 6.66. The van der Waals surface area contributed by atoms with Crippen LogP contribution in [0.4, 0.5) is 0 Å². The van der Waals surface area contributed by atoms with E-state index in [0.29, 0.717) is 23.7 Å². The normalized spacial score (nSPS) is 10.0. The monoisotopic (exact) mass is 286 g/mol. The number of carbonyl (C=O) groups excluding carboxylic acids is 1. The minimum absolute atomic E-state index is 0.466. The third-order valence-corrected chi connectivity index (χ3v) is 3.15. The topological polar surface area (TPSA) is 44.8 Å². The minimum atomic E-state index is 0.466. The van der Waals surface area contributed by atoms with Crippen LogP contribution in [-0.2, 0) is 6.42 Å². The standard InChI is InChI=1S/C17H18O4/c1-19-15-8-6-13(7-9-15)10-11-21-17-14(12-18)4-3-5-16(17)20-2/h3-9,12H,10-11H2,1-2H3. The van der Waals surface area contributed by atoms with Crippen molar-refractivity contribution in [2.75, 3.05) is 20.8 Å². The van der Waals surface area contributed by atoms with Crippen LogP contribution in [0.25, 0.3) is 0 Å². The molecule has 0 heterocycles. The smallest absolute Gasteiger partial charge is 0.171 e. The number of hydrogen-bond donors (Lipinski definition) is 0. The Labute approximate surface area is 124 Å². The van der Waals surface area contributed by atoms with E-state index in [2.05, 4.69) is 0 Å². The van der Waals surface area contributed by atoms with Crippen molar-refractivity contribution in [3.8, 4) is 17.2 Å². The average Bonchev–Trinajstić information content (AvgIpc) is 2.55. The number of methoxy groups -OCH3 is 2. The van der Waals surface area contributed by atoms with Gasteiger partial charge in [0.1, 0.15) is 5.75 Å². The van der Waals surface area contributed by atoms with E-state index in [1.807, 2.05) is 24.3 Å². The van der Waals surface area contributed by atoms with Crippen LogP contribution in [0.3, 0.4) is 0 Å². The van der Waals surface area contributed by atoms with Gasteiger partial charge in [-0.05, 0) is 29.8 Å². The molecule has 0 saturated heterocycles. The largest absolute Gasteiger partial charge is 0.497 e. The number of benzene rings is 2. The molecule has 0 aliphatic rings. The molecule has 0 amide bonds. The van der Waals surface area contributed by atoms with Crippen LogP contribution in [0.5, 0.6) is 17.2 Å². The number of rotatable bonds is 7. The van der Waals surface area contributed by atoms with E-state index in [1.165, 1.54) is 0 Å². The lowest BCUT2D eigenvalue weighted by Crippen LogP contribution is -2.04. The summed E-state index contributed by atoms with van der Waals surface area (Å²) in [4.78, 5) is 11.0. The predicted molar refractivity (Wildman–Crippen MR) is 80.6 cm³/mol. The predicted octanol–water partition coefficient (Wildman–Crippen LogP) is 3.14. The fourth-order valence-corrected chi connectivity index (χ4v) is 2.00. The Kier molecular flexibility index (Phi) is 5.21. The van der Waals surface area contributed by atoms with Crippen molar-refractivity contribution in [2.45, 2.75) is 6.42 Å². The van der Waals surface area contributed by atoms with E-state index < -0.39 is 0 Å². The van der Waals surface area contributed by atoms with Crippen LogP contribution in [0.1, 0.15) is 15.9 Å². The second-order valence-electron chi connectivity index (χ2n) is 4.44. The van der Waals surface area contributed by atoms with Gasteiger partial charge in [-0.1, -0.05) is 18.2 Å². The van der Waals surface area contributed by atoms with Gasteiger partial charge in [0.15, 0.2) is 17.8 Å². The quantitative estimate of drug-likeness (QED) is 0.733. The number of aldehydes is 1. The molecule has 0 atom stereocenters. The van der Waals surface area contributed by atoms with Crippen LogP contribution >= 0.6 is 0 Å². The van der Waals surface area contributed by atoms with Gasteiger partial charge in [0.2, 0.25) is 0 Å². The van der Waals surface area contributed by atoms with Crippen molar-refractivity contribution in [1.29, 1.82) is 0 Å². The summed E-state index contributed by atoms with van der Waals surface area (Å²) in [7, 11) is 3.20. The van der Waals surface area contributed by atoms with Gasteiger partial charge in [-0.3, -0.25) is 4.79 Å². The number of hydrogen-bond acceptors (Lipinski definition) is 4. The Hall–Kier alpha value is -2.49. The molecular formula is C17H18O4. The average molecular weight is 286 g/mol. The molecule has 0 radical (unpaired) electrons. The van der Waals surface area contributed by atoms with Crippen molar-refractivity contribution in [1.82, 2.24) is 0 Å². The third-order valence-electron chi connectivity index (χ3n) is 3.15. The lowest BCUT2D eigenvalue weighted by atomic mass is 10.1. The molecule has 0 fully saturated rings. The van der Waals surface area contributed by atoms with Gasteiger partial charge in [-0.2, -0.15) is 0 Å². The summed E-state index contributed by atoms with van der Waals surface area (Å²) in [5, 5.41) is 0. The SMILES string of the molecule is COc1ccc(CCOc2c(C=O)cccc2OC)cc1. The Balaban J connectivity index is 2.01. The van der Waals surface area contributed by atoms with Gasteiger partial charge < -0.3 is 14.2 Å². The molecule has 2 aromatic rings. The summed E-state index contributed by atoms with van der Waals surface area (Å²) in [6.45, 7) is 0.466. The van der Waals surface area contributed by atoms with Crippen LogP contribution in [0.2, 0.25) is 0 Å². The number of ether oxygens (including phenoxy) is 3. The lowest BCUT2D eigenvalue weighted by Gasteiger charge is -2.12. The molecule has 4 heteroatoms. The summed E-state index contributed by atoms with van der Waals surface area (Å²) >= 11 is 0. The first-order valence-corrected chi connectivity index (χ1v) is 6.66. The molecule has 4 nitrogen and oxygen atoms in total. The zero-order chi connectivity index (χ0) is 15.1. The highest BCUT2D eigenvalue weighted by Crippen LogP contribution is 2.30. The highest BCUT2D eigenvalue weighted by molar-refractivity contribution is 5.81. The van der Waals surface area contributed by atoms with Crippen LogP contribution < -0.4 is 14.2 Å². The van der Waals surface area contributed by atoms with Gasteiger partial charge in [-0.15, -0.1) is 0 Å². The molecule has 110 valence electrons. The van der Waals surface area contributed by atoms with E-state index in [1.54, 1.807) is 32.4 Å². The fraction of sp³-hybridized carbons (Fsp3) is 0.235. The summed E-state index contributed by atoms with van der Waals surface area (Å²) in [6.07, 6.45) is 1.51. The molecule has 2 rings (SSSR count). The van der Waals surface area contributed by atoms with Gasteiger partial charge in [-0.25, -0.2) is 0 Å². The van der Waals surface area contributed by atoms with E-state index in [4.69, 9.17) is 14.2 Å². The minimum Gasteiger partial charge on any atom is -0.497 e. The highest BCUT2D eigenvalue weighted by Gasteiger charge is 2.09. The van der Waals surface area contributed by atoms with E-state index in [0.717, 1.165) is 24.0 Å². The van der Waals surface area contributed by atoms with Crippen LogP contribution in [0.15, 0.2) is 42.5 Å². The maximum atomic E-state index is 11.0. The molecule has 0 aliphatic heterocycles. The van der Waals surface area contributed by atoms with E-state index in [-0.39, 0.29) is 0 Å². The van der Waals surface area contributed by atoms with Gasteiger partial charge >= 0.3 is 0 Å². The molecular weight excluding hydrogens is 268 g/mol. The van der Waals surface area contributed by atoms with Gasteiger partial charge in [0.25, 0.3) is 0 Å². The van der Waals surface area contributed by atoms with E-state index >= 15 is 0 Å². The zero-order valence-electron chi connectivity index (χ0n) is 12.2. The molecule has 0 saturated carbocycles. The van der Waals surface area contributed by atoms with Crippen molar-refractivity contribution in [2.24, 2.45) is 0 Å². The number of carbonyl (C=O) groups is 1. The molecule has 0 aromatic heterocycles. The van der Waals surface area contributed by atoms with Gasteiger partial charge in [0.05, 0.1) is 26.4 Å². The highest BCUT2D eigenvalue weighted by atomic mass is 16.5. The van der Waals surface area contributed by atoms with Gasteiger partial charge in [0, 0.05) is 6.42 Å². The van der Waals surface area contributed by atoms with Crippen LogP contribution in [-0.4, -0.2) is 27.1 Å². The maximum absolute atomic E-state index is 11.0. The van der Waals surface area contributed by atoms with Crippen molar-refractivity contribution in [3.05, 3.63) is 53.6 Å². The molecule has 2 aromatic carbocycles. The first-order chi connectivity index (χ1) is 10.3. The first kappa shape index (κ1) is 14.9. The zero-order valence-corrected chi connectivity index (χ0v) is 12.2. The Morgan fingerprint density at radius 2 is 1.76 bits per heavy atom. The van der Waals surface area contributed by atoms with Crippen LogP contribution in [0, 0.1) is 0 Å². The summed E-state index contributed by atoms with van der Waals surface area (Å²) in [5.74, 6) is 1.88. The molecule has 0 aliphatic carbocycles. The lowest BCUT2D eigenvalue weighted by molar-refractivity contribution is 0.111. The Morgan fingerprint density at radius 1 is 1.00 bits per heavy atom. The molecule has 0 spiro atoms. The number of para-hydroxylation sites is 1. The Morgan fingerprint density at radius 3 is 2.38 bits per heavy atom. The molecule has 0 N–H and O–H groups in total. The second-order valence-corrected chi connectivity index (χ2v) is 4.44. The molecule has 0 bridgehead atoms. The third kappa shape index (κ3) is 3.75. The van der Waals surface area contributed by atoms with E-state index in [9.17, 15) is 4.79 Å². The van der Waals surface area contributed by atoms with Crippen molar-refractivity contribution < 1.29 is 19.0 Å². The summed E-state index contributed by atoms with van der Waals surface area (Å²) in [5.41, 5.74) is 1.63. The second kappa shape index (κ2) is 7.33. The summed E-state index contributed by atoms with van der Waals surface area (Å²) < 4.78 is 16.1.